The summed E-state index contributed by atoms with van der Waals surface area (Å²) in [5.74, 6) is 1.72. The number of oxazole rings is 1. The van der Waals surface area contributed by atoms with Crippen LogP contribution in [0.3, 0.4) is 0 Å². The Balaban J connectivity index is 1.92. The highest BCUT2D eigenvalue weighted by molar-refractivity contribution is 5.93. The van der Waals surface area contributed by atoms with Crippen LogP contribution in [0.25, 0.3) is 22.6 Å². The zero-order valence-electron chi connectivity index (χ0n) is 14.5. The summed E-state index contributed by atoms with van der Waals surface area (Å²) >= 11 is 0. The van der Waals surface area contributed by atoms with E-state index in [1.54, 1.807) is 38.5 Å². The molecule has 0 unspecified atom stereocenters. The molecule has 1 amide bonds. The molecule has 2 aromatic carbocycles. The number of ether oxygens (including phenoxy) is 2. The van der Waals surface area contributed by atoms with E-state index in [2.05, 4.69) is 10.3 Å². The monoisotopic (exact) mass is 340 g/mol. The van der Waals surface area contributed by atoms with E-state index in [1.807, 2.05) is 19.1 Å². The van der Waals surface area contributed by atoms with Crippen molar-refractivity contribution >= 4 is 22.7 Å². The van der Waals surface area contributed by atoms with Crippen molar-refractivity contribution in [1.29, 1.82) is 0 Å². The van der Waals surface area contributed by atoms with Crippen LogP contribution in [0.15, 0.2) is 40.8 Å². The van der Waals surface area contributed by atoms with Gasteiger partial charge < -0.3 is 19.2 Å². The van der Waals surface area contributed by atoms with Crippen molar-refractivity contribution < 1.29 is 18.7 Å². The second kappa shape index (κ2) is 7.25. The Morgan fingerprint density at radius 1 is 1.12 bits per heavy atom. The van der Waals surface area contributed by atoms with Gasteiger partial charge in [0.2, 0.25) is 11.8 Å². The Morgan fingerprint density at radius 3 is 2.64 bits per heavy atom. The van der Waals surface area contributed by atoms with Crippen LogP contribution in [0, 0.1) is 0 Å². The van der Waals surface area contributed by atoms with Gasteiger partial charge in [0.05, 0.1) is 14.2 Å². The number of fused-ring (bicyclic) bond motifs is 1. The van der Waals surface area contributed by atoms with Gasteiger partial charge in [-0.05, 0) is 42.8 Å². The number of carbonyl (C=O) groups is 1. The highest BCUT2D eigenvalue weighted by Crippen LogP contribution is 2.33. The molecule has 0 aliphatic heterocycles. The highest BCUT2D eigenvalue weighted by Gasteiger charge is 2.12. The number of aromatic nitrogens is 1. The fourth-order valence-corrected chi connectivity index (χ4v) is 2.55. The van der Waals surface area contributed by atoms with Gasteiger partial charge in [-0.15, -0.1) is 0 Å². The Kier molecular flexibility index (Phi) is 4.88. The molecule has 3 aromatic rings. The third-order valence-electron chi connectivity index (χ3n) is 3.78. The van der Waals surface area contributed by atoms with Crippen LogP contribution in [-0.2, 0) is 4.79 Å². The van der Waals surface area contributed by atoms with Crippen LogP contribution in [0.1, 0.15) is 19.8 Å². The molecular weight excluding hydrogens is 320 g/mol. The summed E-state index contributed by atoms with van der Waals surface area (Å²) in [6.45, 7) is 1.97. The van der Waals surface area contributed by atoms with Crippen molar-refractivity contribution in [3.05, 3.63) is 36.4 Å². The van der Waals surface area contributed by atoms with E-state index in [9.17, 15) is 4.79 Å². The van der Waals surface area contributed by atoms with Gasteiger partial charge in [0.1, 0.15) is 5.52 Å². The molecule has 3 rings (SSSR count). The first kappa shape index (κ1) is 16.8. The highest BCUT2D eigenvalue weighted by atomic mass is 16.5. The Labute approximate surface area is 145 Å². The van der Waals surface area contributed by atoms with Crippen molar-refractivity contribution in [2.75, 3.05) is 19.5 Å². The Morgan fingerprint density at radius 2 is 1.92 bits per heavy atom. The molecule has 0 spiro atoms. The SMILES string of the molecule is CCCC(=O)Nc1ccc2oc(-c3ccc(OC)c(OC)c3)nc2c1. The first-order chi connectivity index (χ1) is 12.1. The van der Waals surface area contributed by atoms with Crippen LogP contribution < -0.4 is 14.8 Å². The van der Waals surface area contributed by atoms with Crippen LogP contribution >= 0.6 is 0 Å². The predicted octanol–water partition coefficient (Wildman–Crippen LogP) is 4.25. The van der Waals surface area contributed by atoms with Gasteiger partial charge in [-0.25, -0.2) is 4.98 Å². The lowest BCUT2D eigenvalue weighted by Crippen LogP contribution is -2.10. The van der Waals surface area contributed by atoms with Crippen LogP contribution in [0.4, 0.5) is 5.69 Å². The average Bonchev–Trinajstić information content (AvgIpc) is 3.04. The van der Waals surface area contributed by atoms with Crippen LogP contribution in [0.2, 0.25) is 0 Å². The van der Waals surface area contributed by atoms with E-state index in [-0.39, 0.29) is 5.91 Å². The van der Waals surface area contributed by atoms with E-state index in [0.29, 0.717) is 40.6 Å². The third-order valence-corrected chi connectivity index (χ3v) is 3.78. The molecule has 0 aliphatic carbocycles. The lowest BCUT2D eigenvalue weighted by Gasteiger charge is -2.07. The van der Waals surface area contributed by atoms with Crippen molar-refractivity contribution in [3.8, 4) is 23.0 Å². The molecule has 0 atom stereocenters. The molecule has 0 saturated carbocycles. The largest absolute Gasteiger partial charge is 0.493 e. The molecule has 130 valence electrons. The number of carbonyl (C=O) groups excluding carboxylic acids is 1. The summed E-state index contributed by atoms with van der Waals surface area (Å²) in [6.07, 6.45) is 1.30. The third kappa shape index (κ3) is 3.57. The van der Waals surface area contributed by atoms with Crippen molar-refractivity contribution in [2.24, 2.45) is 0 Å². The maximum Gasteiger partial charge on any atom is 0.227 e. The standard InChI is InChI=1S/C19H20N2O4/c1-4-5-18(22)20-13-7-9-15-14(11-13)21-19(25-15)12-6-8-16(23-2)17(10-12)24-3/h6-11H,4-5H2,1-3H3,(H,20,22). The summed E-state index contributed by atoms with van der Waals surface area (Å²) in [4.78, 5) is 16.2. The first-order valence-electron chi connectivity index (χ1n) is 8.07. The smallest absolute Gasteiger partial charge is 0.227 e. The quantitative estimate of drug-likeness (QED) is 0.726. The fraction of sp³-hybridized carbons (Fsp3) is 0.263. The zero-order valence-corrected chi connectivity index (χ0v) is 14.5. The van der Waals surface area contributed by atoms with Gasteiger partial charge in [-0.3, -0.25) is 4.79 Å². The average molecular weight is 340 g/mol. The number of amides is 1. The summed E-state index contributed by atoms with van der Waals surface area (Å²) in [5, 5.41) is 2.86. The number of rotatable bonds is 6. The first-order valence-corrected chi connectivity index (χ1v) is 8.07. The molecule has 6 heteroatoms. The van der Waals surface area contributed by atoms with E-state index in [4.69, 9.17) is 13.9 Å². The van der Waals surface area contributed by atoms with E-state index < -0.39 is 0 Å². The van der Waals surface area contributed by atoms with Crippen molar-refractivity contribution in [1.82, 2.24) is 4.98 Å². The lowest BCUT2D eigenvalue weighted by molar-refractivity contribution is -0.116. The molecule has 0 bridgehead atoms. The minimum Gasteiger partial charge on any atom is -0.493 e. The summed E-state index contributed by atoms with van der Waals surface area (Å²) < 4.78 is 16.4. The van der Waals surface area contributed by atoms with E-state index in [1.165, 1.54) is 0 Å². The van der Waals surface area contributed by atoms with Crippen molar-refractivity contribution in [2.45, 2.75) is 19.8 Å². The molecule has 6 nitrogen and oxygen atoms in total. The summed E-state index contributed by atoms with van der Waals surface area (Å²) in [6, 6.07) is 10.9. The number of nitrogens with one attached hydrogen (secondary N) is 1. The fourth-order valence-electron chi connectivity index (χ4n) is 2.55. The summed E-state index contributed by atoms with van der Waals surface area (Å²) in [5.41, 5.74) is 2.82. The molecule has 1 heterocycles. The van der Waals surface area contributed by atoms with E-state index in [0.717, 1.165) is 12.0 Å². The second-order valence-electron chi connectivity index (χ2n) is 5.57. The molecule has 25 heavy (non-hydrogen) atoms. The predicted molar refractivity (Wildman–Crippen MR) is 96.1 cm³/mol. The second-order valence-corrected chi connectivity index (χ2v) is 5.57. The number of methoxy groups -OCH3 is 2. The van der Waals surface area contributed by atoms with Crippen molar-refractivity contribution in [3.63, 3.8) is 0 Å². The van der Waals surface area contributed by atoms with Gasteiger partial charge in [0.15, 0.2) is 17.1 Å². The van der Waals surface area contributed by atoms with Gasteiger partial charge >= 0.3 is 0 Å². The number of hydrogen-bond acceptors (Lipinski definition) is 5. The maximum atomic E-state index is 11.7. The number of hydrogen-bond donors (Lipinski definition) is 1. The maximum absolute atomic E-state index is 11.7. The molecule has 0 radical (unpaired) electrons. The van der Waals surface area contributed by atoms with Crippen LogP contribution in [0.5, 0.6) is 11.5 Å². The Hall–Kier alpha value is -3.02. The normalized spacial score (nSPS) is 10.7. The molecule has 1 N–H and O–H groups in total. The topological polar surface area (TPSA) is 73.6 Å². The summed E-state index contributed by atoms with van der Waals surface area (Å²) in [7, 11) is 3.17. The van der Waals surface area contributed by atoms with Gasteiger partial charge in [-0.2, -0.15) is 0 Å². The van der Waals surface area contributed by atoms with Gasteiger partial charge in [0, 0.05) is 17.7 Å². The molecule has 0 aliphatic rings. The molecule has 1 aromatic heterocycles. The minimum atomic E-state index is -0.00883. The number of benzene rings is 2. The molecule has 0 saturated heterocycles. The number of anilines is 1. The molecule has 0 fully saturated rings. The lowest BCUT2D eigenvalue weighted by atomic mass is 10.2. The van der Waals surface area contributed by atoms with Crippen LogP contribution in [-0.4, -0.2) is 25.1 Å². The zero-order chi connectivity index (χ0) is 17.8. The van der Waals surface area contributed by atoms with Gasteiger partial charge in [0.25, 0.3) is 0 Å². The van der Waals surface area contributed by atoms with E-state index >= 15 is 0 Å². The molecular formula is C19H20N2O4. The number of nitrogens with zero attached hydrogens (tertiary/aromatic N) is 1. The Bertz CT molecular complexity index is 902. The minimum absolute atomic E-state index is 0.00883. The van der Waals surface area contributed by atoms with Gasteiger partial charge in [-0.1, -0.05) is 6.92 Å².